The van der Waals surface area contributed by atoms with Gasteiger partial charge in [-0.25, -0.2) is 4.98 Å². The number of thioether (sulfide) groups is 1. The highest BCUT2D eigenvalue weighted by Crippen LogP contribution is 2.37. The number of anilines is 1. The Morgan fingerprint density at radius 1 is 0.967 bits per heavy atom. The maximum Gasteiger partial charge on any atom is 0.244 e. The maximum atomic E-state index is 13.2. The maximum absolute atomic E-state index is 13.2. The predicted molar refractivity (Wildman–Crippen MR) is 128 cm³/mol. The molecule has 3 aromatic carbocycles. The van der Waals surface area contributed by atoms with Crippen LogP contribution in [0.1, 0.15) is 10.8 Å². The van der Waals surface area contributed by atoms with Crippen molar-refractivity contribution in [2.45, 2.75) is 10.1 Å². The van der Waals surface area contributed by atoms with E-state index in [4.69, 9.17) is 23.2 Å². The van der Waals surface area contributed by atoms with Crippen molar-refractivity contribution < 1.29 is 4.79 Å². The van der Waals surface area contributed by atoms with Crippen LogP contribution in [-0.2, 0) is 4.79 Å². The summed E-state index contributed by atoms with van der Waals surface area (Å²) in [6, 6.07) is 24.9. The average molecular weight is 471 g/mol. The average Bonchev–Trinajstić information content (AvgIpc) is 3.21. The molecule has 3 nitrogen and oxygen atoms in total. The SMILES string of the molecule is O=C(Nc1nc(-c2ccc(Cl)cc2Cl)cs1)C(Sc1ccccc1)c1ccccc1. The summed E-state index contributed by atoms with van der Waals surface area (Å²) in [5.74, 6) is -0.127. The van der Waals surface area contributed by atoms with Gasteiger partial charge in [-0.1, -0.05) is 71.7 Å². The van der Waals surface area contributed by atoms with Crippen LogP contribution in [0.5, 0.6) is 0 Å². The van der Waals surface area contributed by atoms with Crippen molar-refractivity contribution in [3.05, 3.63) is 99.9 Å². The molecule has 0 radical (unpaired) electrons. The van der Waals surface area contributed by atoms with Gasteiger partial charge in [0.2, 0.25) is 5.91 Å². The summed E-state index contributed by atoms with van der Waals surface area (Å²) in [5.41, 5.74) is 2.40. The zero-order valence-corrected chi connectivity index (χ0v) is 18.7. The van der Waals surface area contributed by atoms with Gasteiger partial charge in [0, 0.05) is 20.9 Å². The molecule has 4 rings (SSSR count). The Morgan fingerprint density at radius 3 is 2.37 bits per heavy atom. The van der Waals surface area contributed by atoms with E-state index in [0.29, 0.717) is 20.9 Å². The van der Waals surface area contributed by atoms with Gasteiger partial charge in [0.15, 0.2) is 5.13 Å². The fourth-order valence-corrected chi connectivity index (χ4v) is 5.12. The minimum atomic E-state index is -0.403. The molecule has 0 fully saturated rings. The van der Waals surface area contributed by atoms with Gasteiger partial charge in [0.05, 0.1) is 10.7 Å². The van der Waals surface area contributed by atoms with Crippen LogP contribution in [0.15, 0.2) is 89.1 Å². The molecule has 0 aliphatic heterocycles. The molecular formula is C23H16Cl2N2OS2. The molecule has 1 heterocycles. The van der Waals surface area contributed by atoms with Gasteiger partial charge < -0.3 is 5.32 Å². The van der Waals surface area contributed by atoms with Crippen LogP contribution in [0.2, 0.25) is 10.0 Å². The second kappa shape index (κ2) is 9.67. The molecular weight excluding hydrogens is 455 g/mol. The molecule has 0 spiro atoms. The number of nitrogens with one attached hydrogen (secondary N) is 1. The molecule has 1 aromatic heterocycles. The molecule has 0 aliphatic carbocycles. The van der Waals surface area contributed by atoms with Gasteiger partial charge in [-0.3, -0.25) is 4.79 Å². The molecule has 1 atom stereocenters. The van der Waals surface area contributed by atoms with E-state index in [1.54, 1.807) is 12.1 Å². The summed E-state index contributed by atoms with van der Waals surface area (Å²) in [6.07, 6.45) is 0. The van der Waals surface area contributed by atoms with E-state index in [1.165, 1.54) is 23.1 Å². The fraction of sp³-hybridized carbons (Fsp3) is 0.0435. The van der Waals surface area contributed by atoms with Crippen LogP contribution in [0.25, 0.3) is 11.3 Å². The first-order valence-electron chi connectivity index (χ1n) is 9.08. The molecule has 7 heteroatoms. The van der Waals surface area contributed by atoms with Crippen LogP contribution < -0.4 is 5.32 Å². The van der Waals surface area contributed by atoms with E-state index in [9.17, 15) is 4.79 Å². The number of carbonyl (C=O) groups excluding carboxylic acids is 1. The van der Waals surface area contributed by atoms with Gasteiger partial charge in [-0.15, -0.1) is 23.1 Å². The number of aromatic nitrogens is 1. The number of hydrogen-bond acceptors (Lipinski definition) is 4. The van der Waals surface area contributed by atoms with Crippen LogP contribution in [-0.4, -0.2) is 10.9 Å². The molecule has 1 unspecified atom stereocenters. The minimum absolute atomic E-state index is 0.127. The van der Waals surface area contributed by atoms with Gasteiger partial charge in [0.25, 0.3) is 0 Å². The molecule has 4 aromatic rings. The second-order valence-corrected chi connectivity index (χ2v) is 9.25. The lowest BCUT2D eigenvalue weighted by Crippen LogP contribution is -2.18. The van der Waals surface area contributed by atoms with Gasteiger partial charge in [0.1, 0.15) is 5.25 Å². The Hall–Kier alpha value is -2.31. The number of nitrogens with zero attached hydrogens (tertiary/aromatic N) is 1. The van der Waals surface area contributed by atoms with E-state index in [0.717, 1.165) is 16.0 Å². The lowest BCUT2D eigenvalue weighted by atomic mass is 10.1. The highest BCUT2D eigenvalue weighted by molar-refractivity contribution is 8.00. The van der Waals surface area contributed by atoms with Gasteiger partial charge in [-0.2, -0.15) is 0 Å². The van der Waals surface area contributed by atoms with E-state index in [2.05, 4.69) is 10.3 Å². The summed E-state index contributed by atoms with van der Waals surface area (Å²) in [7, 11) is 0. The Balaban J connectivity index is 1.56. The van der Waals surface area contributed by atoms with Gasteiger partial charge >= 0.3 is 0 Å². The Kier molecular flexibility index (Phi) is 6.75. The first-order valence-corrected chi connectivity index (χ1v) is 11.6. The molecule has 0 saturated heterocycles. The minimum Gasteiger partial charge on any atom is -0.301 e. The van der Waals surface area contributed by atoms with E-state index in [-0.39, 0.29) is 5.91 Å². The number of amides is 1. The molecule has 150 valence electrons. The molecule has 0 saturated carbocycles. The summed E-state index contributed by atoms with van der Waals surface area (Å²) < 4.78 is 0. The lowest BCUT2D eigenvalue weighted by molar-refractivity contribution is -0.115. The highest BCUT2D eigenvalue weighted by Gasteiger charge is 2.23. The monoisotopic (exact) mass is 470 g/mol. The Labute approximate surface area is 193 Å². The molecule has 1 amide bonds. The molecule has 0 aliphatic rings. The topological polar surface area (TPSA) is 42.0 Å². The summed E-state index contributed by atoms with van der Waals surface area (Å²) >= 11 is 15.1. The summed E-state index contributed by atoms with van der Waals surface area (Å²) in [6.45, 7) is 0. The zero-order chi connectivity index (χ0) is 20.9. The number of benzene rings is 3. The van der Waals surface area contributed by atoms with Crippen molar-refractivity contribution in [1.82, 2.24) is 4.98 Å². The van der Waals surface area contributed by atoms with Crippen molar-refractivity contribution in [2.24, 2.45) is 0 Å². The van der Waals surface area contributed by atoms with Crippen molar-refractivity contribution in [2.75, 3.05) is 5.32 Å². The third-order valence-electron chi connectivity index (χ3n) is 4.28. The number of thiazole rings is 1. The first kappa shape index (κ1) is 20.9. The van der Waals surface area contributed by atoms with E-state index < -0.39 is 5.25 Å². The first-order chi connectivity index (χ1) is 14.6. The van der Waals surface area contributed by atoms with Crippen molar-refractivity contribution in [1.29, 1.82) is 0 Å². The smallest absolute Gasteiger partial charge is 0.244 e. The number of halogens is 2. The third kappa shape index (κ3) is 5.05. The lowest BCUT2D eigenvalue weighted by Gasteiger charge is -2.16. The summed E-state index contributed by atoms with van der Waals surface area (Å²) in [4.78, 5) is 18.7. The molecule has 30 heavy (non-hydrogen) atoms. The van der Waals surface area contributed by atoms with Crippen LogP contribution in [0.3, 0.4) is 0 Å². The Morgan fingerprint density at radius 2 is 1.67 bits per heavy atom. The summed E-state index contributed by atoms with van der Waals surface area (Å²) in [5, 5.41) is 6.04. The van der Waals surface area contributed by atoms with Crippen LogP contribution >= 0.6 is 46.3 Å². The van der Waals surface area contributed by atoms with Crippen LogP contribution in [0.4, 0.5) is 5.13 Å². The van der Waals surface area contributed by atoms with Crippen molar-refractivity contribution in [3.8, 4) is 11.3 Å². The highest BCUT2D eigenvalue weighted by atomic mass is 35.5. The predicted octanol–water partition coefficient (Wildman–Crippen LogP) is 7.59. The van der Waals surface area contributed by atoms with Crippen LogP contribution in [0, 0.1) is 0 Å². The van der Waals surface area contributed by atoms with E-state index in [1.807, 2.05) is 72.1 Å². The molecule has 1 N–H and O–H groups in total. The largest absolute Gasteiger partial charge is 0.301 e. The quantitative estimate of drug-likeness (QED) is 0.295. The number of carbonyl (C=O) groups is 1. The van der Waals surface area contributed by atoms with Crippen molar-refractivity contribution in [3.63, 3.8) is 0 Å². The third-order valence-corrected chi connectivity index (χ3v) is 6.85. The second-order valence-electron chi connectivity index (χ2n) is 6.37. The number of hydrogen-bond donors (Lipinski definition) is 1. The fourth-order valence-electron chi connectivity index (χ4n) is 2.86. The Bertz CT molecular complexity index is 1150. The van der Waals surface area contributed by atoms with E-state index >= 15 is 0 Å². The molecule has 0 bridgehead atoms. The zero-order valence-electron chi connectivity index (χ0n) is 15.6. The number of rotatable bonds is 6. The van der Waals surface area contributed by atoms with Crippen molar-refractivity contribution >= 4 is 57.3 Å². The standard InChI is InChI=1S/C23H16Cl2N2OS2/c24-16-11-12-18(19(25)13-16)20-14-29-23(26-20)27-22(28)21(15-7-3-1-4-8-15)30-17-9-5-2-6-10-17/h1-14,21H,(H,26,27,28). The normalized spacial score (nSPS) is 11.8. The van der Waals surface area contributed by atoms with Gasteiger partial charge in [-0.05, 0) is 35.9 Å².